The minimum absolute atomic E-state index is 0.000675. The molecular formula is C19H20N2O7S2. The van der Waals surface area contributed by atoms with Crippen LogP contribution >= 0.6 is 0 Å². The van der Waals surface area contributed by atoms with Gasteiger partial charge in [0.1, 0.15) is 17.5 Å². The van der Waals surface area contributed by atoms with E-state index in [0.717, 1.165) is 5.56 Å². The van der Waals surface area contributed by atoms with Crippen molar-refractivity contribution in [2.45, 2.75) is 29.7 Å². The molecule has 2 aromatic carbocycles. The molecule has 0 aliphatic carbocycles. The summed E-state index contributed by atoms with van der Waals surface area (Å²) < 4.78 is 57.4. The lowest BCUT2D eigenvalue weighted by atomic mass is 10.2. The molecule has 0 fully saturated rings. The molecule has 0 unspecified atom stereocenters. The fraction of sp³-hybridized carbons (Fsp3) is 0.263. The molecule has 1 aliphatic heterocycles. The fourth-order valence-corrected chi connectivity index (χ4v) is 5.62. The van der Waals surface area contributed by atoms with Gasteiger partial charge in [0.05, 0.1) is 17.0 Å². The zero-order valence-corrected chi connectivity index (χ0v) is 17.9. The van der Waals surface area contributed by atoms with Gasteiger partial charge in [-0.25, -0.2) is 21.1 Å². The number of carbonyl (C=O) groups is 2. The first-order valence-corrected chi connectivity index (χ1v) is 11.9. The molecule has 11 heteroatoms. The Bertz CT molecular complexity index is 1190. The van der Waals surface area contributed by atoms with Crippen LogP contribution in [0.4, 0.5) is 0 Å². The van der Waals surface area contributed by atoms with E-state index in [9.17, 15) is 26.4 Å². The number of nitrogens with zero attached hydrogens (tertiary/aromatic N) is 1. The highest BCUT2D eigenvalue weighted by Gasteiger charge is 2.40. The lowest BCUT2D eigenvalue weighted by Gasteiger charge is -2.17. The van der Waals surface area contributed by atoms with Crippen molar-refractivity contribution in [3.8, 4) is 0 Å². The van der Waals surface area contributed by atoms with Gasteiger partial charge >= 0.3 is 5.97 Å². The predicted octanol–water partition coefficient (Wildman–Crippen LogP) is 1.05. The molecule has 1 aliphatic rings. The number of rotatable bonds is 7. The zero-order chi connectivity index (χ0) is 22.1. The molecule has 0 radical (unpaired) electrons. The van der Waals surface area contributed by atoms with Crippen molar-refractivity contribution in [3.63, 3.8) is 0 Å². The smallest absolute Gasteiger partial charge is 0.323 e. The summed E-state index contributed by atoms with van der Waals surface area (Å²) in [5.41, 5.74) is 0.943. The molecule has 0 saturated carbocycles. The molecule has 0 saturated heterocycles. The maximum absolute atomic E-state index is 12.4. The summed E-state index contributed by atoms with van der Waals surface area (Å²) >= 11 is 0. The van der Waals surface area contributed by atoms with E-state index in [2.05, 4.69) is 4.72 Å². The van der Waals surface area contributed by atoms with E-state index in [1.807, 2.05) is 6.92 Å². The van der Waals surface area contributed by atoms with E-state index in [1.165, 1.54) is 37.3 Å². The topological polar surface area (TPSA) is 127 Å². The third-order valence-electron chi connectivity index (χ3n) is 4.47. The van der Waals surface area contributed by atoms with Crippen LogP contribution in [0, 0.1) is 6.92 Å². The number of hydrogen-bond acceptors (Lipinski definition) is 7. The Balaban J connectivity index is 1.58. The standard InChI is InChI=1S/C19H20N2O7S2/c1-13-7-9-15(10-8-13)29(24,25)20-14(2)19(23)28-12-11-21-18(22)16-5-3-4-6-17(16)30(21,26)27/h3-10,14,20H,11-12H2,1-2H3/t14-/m0/s1. The van der Waals surface area contributed by atoms with Crippen LogP contribution in [-0.4, -0.2) is 52.2 Å². The molecule has 3 rings (SSSR count). The van der Waals surface area contributed by atoms with Gasteiger partial charge in [0.2, 0.25) is 10.0 Å². The molecule has 0 aromatic heterocycles. The van der Waals surface area contributed by atoms with Gasteiger partial charge < -0.3 is 4.74 Å². The van der Waals surface area contributed by atoms with Gasteiger partial charge in [-0.05, 0) is 38.1 Å². The Morgan fingerprint density at radius 3 is 2.40 bits per heavy atom. The molecule has 30 heavy (non-hydrogen) atoms. The lowest BCUT2D eigenvalue weighted by Crippen LogP contribution is -2.41. The lowest BCUT2D eigenvalue weighted by molar-refractivity contribution is -0.145. The molecule has 2 aromatic rings. The van der Waals surface area contributed by atoms with Crippen molar-refractivity contribution in [1.82, 2.24) is 9.03 Å². The number of fused-ring (bicyclic) bond motifs is 1. The summed E-state index contributed by atoms with van der Waals surface area (Å²) in [6.07, 6.45) is 0. The minimum atomic E-state index is -4.00. The second kappa shape index (κ2) is 8.17. The maximum atomic E-state index is 12.4. The second-order valence-electron chi connectivity index (χ2n) is 6.70. The number of ether oxygens (including phenoxy) is 1. The third kappa shape index (κ3) is 4.23. The second-order valence-corrected chi connectivity index (χ2v) is 10.2. The Kier molecular flexibility index (Phi) is 5.97. The van der Waals surface area contributed by atoms with Crippen molar-refractivity contribution in [3.05, 3.63) is 59.7 Å². The highest BCUT2D eigenvalue weighted by atomic mass is 32.2. The number of amides is 1. The number of hydrogen-bond donors (Lipinski definition) is 1. The average Bonchev–Trinajstić information content (AvgIpc) is 2.88. The van der Waals surface area contributed by atoms with Gasteiger partial charge in [0, 0.05) is 0 Å². The Hall–Kier alpha value is -2.76. The minimum Gasteiger partial charge on any atom is -0.463 e. The molecule has 9 nitrogen and oxygen atoms in total. The van der Waals surface area contributed by atoms with Crippen LogP contribution in [0.5, 0.6) is 0 Å². The third-order valence-corrected chi connectivity index (χ3v) is 7.86. The zero-order valence-electron chi connectivity index (χ0n) is 16.2. The van der Waals surface area contributed by atoms with E-state index in [0.29, 0.717) is 4.31 Å². The molecule has 0 spiro atoms. The number of esters is 1. The molecule has 1 heterocycles. The van der Waals surface area contributed by atoms with Gasteiger partial charge in [-0.3, -0.25) is 9.59 Å². The first kappa shape index (κ1) is 21.9. The SMILES string of the molecule is Cc1ccc(S(=O)(=O)N[C@@H](C)C(=O)OCCN2C(=O)c3ccccc3S2(=O)=O)cc1. The van der Waals surface area contributed by atoms with Gasteiger partial charge in [0.15, 0.2) is 0 Å². The van der Waals surface area contributed by atoms with Crippen LogP contribution in [0.1, 0.15) is 22.8 Å². The summed E-state index contributed by atoms with van der Waals surface area (Å²) in [5.74, 6) is -1.60. The van der Waals surface area contributed by atoms with Gasteiger partial charge in [0.25, 0.3) is 15.9 Å². The van der Waals surface area contributed by atoms with Gasteiger partial charge in [-0.15, -0.1) is 0 Å². The highest BCUT2D eigenvalue weighted by molar-refractivity contribution is 7.90. The quantitative estimate of drug-likeness (QED) is 0.622. The van der Waals surface area contributed by atoms with Crippen LogP contribution < -0.4 is 4.72 Å². The summed E-state index contributed by atoms with van der Waals surface area (Å²) in [7, 11) is -7.94. The number of benzene rings is 2. The van der Waals surface area contributed by atoms with E-state index in [-0.39, 0.29) is 21.9 Å². The van der Waals surface area contributed by atoms with Crippen molar-refractivity contribution in [2.24, 2.45) is 0 Å². The highest BCUT2D eigenvalue weighted by Crippen LogP contribution is 2.29. The van der Waals surface area contributed by atoms with E-state index in [4.69, 9.17) is 4.74 Å². The van der Waals surface area contributed by atoms with E-state index < -0.39 is 44.6 Å². The fourth-order valence-electron chi connectivity index (χ4n) is 2.87. The van der Waals surface area contributed by atoms with Crippen molar-refractivity contribution in [1.29, 1.82) is 0 Å². The number of sulfonamides is 2. The molecule has 0 bridgehead atoms. The Morgan fingerprint density at radius 2 is 1.77 bits per heavy atom. The van der Waals surface area contributed by atoms with Crippen molar-refractivity contribution < 1.29 is 31.2 Å². The molecule has 1 amide bonds. The monoisotopic (exact) mass is 452 g/mol. The first-order chi connectivity index (χ1) is 14.0. The van der Waals surface area contributed by atoms with Gasteiger partial charge in [-0.2, -0.15) is 4.72 Å². The first-order valence-electron chi connectivity index (χ1n) is 8.96. The Morgan fingerprint density at radius 1 is 1.13 bits per heavy atom. The van der Waals surface area contributed by atoms with Crippen molar-refractivity contribution in [2.75, 3.05) is 13.2 Å². The number of carbonyl (C=O) groups excluding carboxylic acids is 2. The van der Waals surface area contributed by atoms with E-state index >= 15 is 0 Å². The summed E-state index contributed by atoms with van der Waals surface area (Å²) in [4.78, 5) is 24.3. The van der Waals surface area contributed by atoms with Crippen molar-refractivity contribution >= 4 is 31.9 Å². The maximum Gasteiger partial charge on any atom is 0.323 e. The van der Waals surface area contributed by atoms with Crippen LogP contribution in [-0.2, 0) is 29.6 Å². The summed E-state index contributed by atoms with van der Waals surface area (Å²) in [5, 5.41) is 0. The average molecular weight is 453 g/mol. The Labute approximate surface area is 174 Å². The normalized spacial score (nSPS) is 16.2. The molecule has 1 N–H and O–H groups in total. The predicted molar refractivity (Wildman–Crippen MR) is 107 cm³/mol. The number of aryl methyl sites for hydroxylation is 1. The van der Waals surface area contributed by atoms with Crippen LogP contribution in [0.15, 0.2) is 58.3 Å². The molecular weight excluding hydrogens is 432 g/mol. The summed E-state index contributed by atoms with van der Waals surface area (Å²) in [6, 6.07) is 10.7. The van der Waals surface area contributed by atoms with Crippen LogP contribution in [0.2, 0.25) is 0 Å². The van der Waals surface area contributed by atoms with Gasteiger partial charge in [-0.1, -0.05) is 29.8 Å². The van der Waals surface area contributed by atoms with E-state index in [1.54, 1.807) is 18.2 Å². The number of nitrogens with one attached hydrogen (secondary N) is 1. The largest absolute Gasteiger partial charge is 0.463 e. The molecule has 1 atom stereocenters. The summed E-state index contributed by atoms with van der Waals surface area (Å²) in [6.45, 7) is 2.34. The molecule has 160 valence electrons. The van der Waals surface area contributed by atoms with Crippen LogP contribution in [0.3, 0.4) is 0 Å². The van der Waals surface area contributed by atoms with Crippen LogP contribution in [0.25, 0.3) is 0 Å².